The zero-order valence-electron chi connectivity index (χ0n) is 13.0. The molecule has 0 spiro atoms. The highest BCUT2D eigenvalue weighted by Crippen LogP contribution is 2.19. The van der Waals surface area contributed by atoms with Gasteiger partial charge in [-0.1, -0.05) is 19.0 Å². The maximum absolute atomic E-state index is 13.0. The summed E-state index contributed by atoms with van der Waals surface area (Å²) in [6.07, 6.45) is 5.02. The second-order valence-electron chi connectivity index (χ2n) is 5.66. The lowest BCUT2D eigenvalue weighted by Gasteiger charge is -2.18. The molecule has 1 N–H and O–H groups in total. The number of halogens is 1. The summed E-state index contributed by atoms with van der Waals surface area (Å²) in [7, 11) is 0. The summed E-state index contributed by atoms with van der Waals surface area (Å²) in [5, 5.41) is 11.6. The van der Waals surface area contributed by atoms with E-state index in [0.29, 0.717) is 18.3 Å². The molecule has 0 fully saturated rings. The van der Waals surface area contributed by atoms with Crippen LogP contribution in [0.5, 0.6) is 0 Å². The van der Waals surface area contributed by atoms with E-state index in [2.05, 4.69) is 34.4 Å². The van der Waals surface area contributed by atoms with Gasteiger partial charge in [0, 0.05) is 18.3 Å². The monoisotopic (exact) mass is 315 g/mol. The smallest absolute Gasteiger partial charge is 0.213 e. The van der Waals surface area contributed by atoms with Crippen molar-refractivity contribution in [1.82, 2.24) is 25.2 Å². The van der Waals surface area contributed by atoms with Gasteiger partial charge in [-0.2, -0.15) is 10.1 Å². The molecule has 0 unspecified atom stereocenters. The zero-order chi connectivity index (χ0) is 16.2. The number of benzene rings is 1. The van der Waals surface area contributed by atoms with Crippen molar-refractivity contribution in [3.05, 3.63) is 60.3 Å². The maximum Gasteiger partial charge on any atom is 0.213 e. The Hall–Kier alpha value is -2.54. The molecule has 2 heterocycles. The van der Waals surface area contributed by atoms with Crippen LogP contribution in [-0.4, -0.2) is 19.9 Å². The third-order valence-corrected chi connectivity index (χ3v) is 3.58. The van der Waals surface area contributed by atoms with E-state index in [1.165, 1.54) is 18.5 Å². The van der Waals surface area contributed by atoms with E-state index in [9.17, 15) is 4.39 Å². The Balaban J connectivity index is 1.68. The lowest BCUT2D eigenvalue weighted by Crippen LogP contribution is -2.26. The van der Waals surface area contributed by atoms with Crippen LogP contribution < -0.4 is 5.32 Å². The van der Waals surface area contributed by atoms with Crippen LogP contribution >= 0.6 is 0 Å². The zero-order valence-corrected chi connectivity index (χ0v) is 13.0. The molecule has 7 heteroatoms. The third-order valence-electron chi connectivity index (χ3n) is 3.58. The van der Waals surface area contributed by atoms with Crippen molar-refractivity contribution in [2.45, 2.75) is 26.4 Å². The second kappa shape index (κ2) is 6.70. The fourth-order valence-electron chi connectivity index (χ4n) is 2.36. The van der Waals surface area contributed by atoms with Crippen LogP contribution in [0.3, 0.4) is 0 Å². The molecule has 120 valence electrons. The van der Waals surface area contributed by atoms with Gasteiger partial charge in [-0.3, -0.25) is 0 Å². The Morgan fingerprint density at radius 2 is 2.04 bits per heavy atom. The summed E-state index contributed by atoms with van der Waals surface area (Å²) in [5.41, 5.74) is 1.83. The van der Waals surface area contributed by atoms with E-state index in [1.807, 2.05) is 6.20 Å². The van der Waals surface area contributed by atoms with Crippen LogP contribution in [-0.2, 0) is 6.54 Å². The topological polar surface area (TPSA) is 68.8 Å². The van der Waals surface area contributed by atoms with Gasteiger partial charge in [-0.05, 0) is 30.2 Å². The van der Waals surface area contributed by atoms with Gasteiger partial charge >= 0.3 is 0 Å². The quantitative estimate of drug-likeness (QED) is 0.757. The van der Waals surface area contributed by atoms with Gasteiger partial charge in [0.05, 0.1) is 17.9 Å². The molecule has 1 aromatic carbocycles. The summed E-state index contributed by atoms with van der Waals surface area (Å²) in [4.78, 5) is 4.11. The Morgan fingerprint density at radius 3 is 2.70 bits per heavy atom. The van der Waals surface area contributed by atoms with Crippen LogP contribution in [0.1, 0.15) is 31.3 Å². The molecule has 6 nitrogen and oxygen atoms in total. The number of nitrogens with zero attached hydrogens (tertiary/aromatic N) is 4. The van der Waals surface area contributed by atoms with Gasteiger partial charge in [0.15, 0.2) is 5.82 Å². The highest BCUT2D eigenvalue weighted by molar-refractivity contribution is 5.31. The van der Waals surface area contributed by atoms with Gasteiger partial charge in [0.1, 0.15) is 5.82 Å². The molecular weight excluding hydrogens is 297 g/mol. The molecule has 2 aromatic heterocycles. The molecule has 0 bridgehead atoms. The van der Waals surface area contributed by atoms with Crippen LogP contribution in [0.4, 0.5) is 4.39 Å². The molecule has 23 heavy (non-hydrogen) atoms. The Labute approximate surface area is 133 Å². The minimum atomic E-state index is -0.261. The molecule has 3 rings (SSSR count). The first-order valence-corrected chi connectivity index (χ1v) is 7.42. The van der Waals surface area contributed by atoms with E-state index < -0.39 is 0 Å². The molecule has 1 atom stereocenters. The average Bonchev–Trinajstić information content (AvgIpc) is 3.20. The summed E-state index contributed by atoms with van der Waals surface area (Å²) < 4.78 is 19.5. The normalized spacial score (nSPS) is 12.7. The van der Waals surface area contributed by atoms with Crippen molar-refractivity contribution in [1.29, 1.82) is 0 Å². The highest BCUT2D eigenvalue weighted by atomic mass is 19.1. The lowest BCUT2D eigenvalue weighted by atomic mass is 10.0. The molecule has 0 saturated heterocycles. The van der Waals surface area contributed by atoms with Gasteiger partial charge in [-0.15, -0.1) is 0 Å². The average molecular weight is 315 g/mol. The van der Waals surface area contributed by atoms with Crippen LogP contribution in [0.25, 0.3) is 5.69 Å². The van der Waals surface area contributed by atoms with Crippen molar-refractivity contribution < 1.29 is 8.91 Å². The summed E-state index contributed by atoms with van der Waals surface area (Å²) >= 11 is 0. The molecule has 0 radical (unpaired) electrons. The largest absolute Gasteiger partial charge is 0.343 e. The second-order valence-corrected chi connectivity index (χ2v) is 5.66. The van der Waals surface area contributed by atoms with Crippen molar-refractivity contribution >= 4 is 0 Å². The third kappa shape index (κ3) is 3.62. The van der Waals surface area contributed by atoms with Crippen LogP contribution in [0.15, 0.2) is 47.6 Å². The molecular formula is C16H18FN5O. The first kappa shape index (κ1) is 15.4. The van der Waals surface area contributed by atoms with E-state index in [4.69, 9.17) is 4.52 Å². The fourth-order valence-corrected chi connectivity index (χ4v) is 2.36. The van der Waals surface area contributed by atoms with Crippen LogP contribution in [0, 0.1) is 11.7 Å². The summed E-state index contributed by atoms with van der Waals surface area (Å²) in [6.45, 7) is 4.81. The molecule has 0 amide bonds. The van der Waals surface area contributed by atoms with E-state index >= 15 is 0 Å². The number of hydrogen-bond donors (Lipinski definition) is 1. The van der Waals surface area contributed by atoms with Crippen molar-refractivity contribution in [3.8, 4) is 5.69 Å². The molecule has 0 aliphatic rings. The van der Waals surface area contributed by atoms with Gasteiger partial charge in [-0.25, -0.2) is 9.07 Å². The molecule has 0 aliphatic carbocycles. The predicted molar refractivity (Wildman–Crippen MR) is 82.2 cm³/mol. The van der Waals surface area contributed by atoms with E-state index in [1.54, 1.807) is 23.0 Å². The van der Waals surface area contributed by atoms with Gasteiger partial charge < -0.3 is 9.84 Å². The van der Waals surface area contributed by atoms with Crippen molar-refractivity contribution in [2.24, 2.45) is 5.92 Å². The fraction of sp³-hybridized carbons (Fsp3) is 0.312. The number of aromatic nitrogens is 4. The molecule has 0 aliphatic heterocycles. The summed E-state index contributed by atoms with van der Waals surface area (Å²) in [6, 6.07) is 6.22. The standard InChI is InChI=1S/C16H18FN5O/c1-11(2)15(16-19-10-23-21-16)18-7-12-8-20-22(9-12)14-5-3-13(17)4-6-14/h3-6,8-11,15,18H,7H2,1-2H3/t15-/m0/s1. The lowest BCUT2D eigenvalue weighted by molar-refractivity contribution is 0.357. The molecule has 0 saturated carbocycles. The SMILES string of the molecule is CC(C)[C@H](NCc1cnn(-c2ccc(F)cc2)c1)c1ncon1. The minimum Gasteiger partial charge on any atom is -0.343 e. The predicted octanol–water partition coefficient (Wildman–Crippen LogP) is 2.88. The summed E-state index contributed by atoms with van der Waals surface area (Å²) in [5.74, 6) is 0.702. The first-order valence-electron chi connectivity index (χ1n) is 7.42. The van der Waals surface area contributed by atoms with E-state index in [-0.39, 0.29) is 11.9 Å². The van der Waals surface area contributed by atoms with Crippen LogP contribution in [0.2, 0.25) is 0 Å². The Bertz CT molecular complexity index is 736. The number of nitrogens with one attached hydrogen (secondary N) is 1. The Morgan fingerprint density at radius 1 is 1.26 bits per heavy atom. The molecule has 3 aromatic rings. The van der Waals surface area contributed by atoms with Crippen molar-refractivity contribution in [2.75, 3.05) is 0 Å². The van der Waals surface area contributed by atoms with Crippen molar-refractivity contribution in [3.63, 3.8) is 0 Å². The number of hydrogen-bond acceptors (Lipinski definition) is 5. The highest BCUT2D eigenvalue weighted by Gasteiger charge is 2.19. The van der Waals surface area contributed by atoms with E-state index in [0.717, 1.165) is 11.3 Å². The maximum atomic E-state index is 13.0. The van der Waals surface area contributed by atoms with Gasteiger partial charge in [0.25, 0.3) is 0 Å². The Kier molecular flexibility index (Phi) is 4.47. The van der Waals surface area contributed by atoms with Gasteiger partial charge in [0.2, 0.25) is 6.39 Å². The first-order chi connectivity index (χ1) is 11.1. The number of rotatable bonds is 6. The minimum absolute atomic E-state index is 0.00270.